The Morgan fingerprint density at radius 1 is 1.29 bits per heavy atom. The summed E-state index contributed by atoms with van der Waals surface area (Å²) in [5, 5.41) is 0. The smallest absolute Gasteiger partial charge is 0.129 e. The Kier molecular flexibility index (Phi) is 3.38. The van der Waals surface area contributed by atoms with Crippen LogP contribution in [0.5, 0.6) is 0 Å². The Morgan fingerprint density at radius 3 is 2.47 bits per heavy atom. The third-order valence-electron chi connectivity index (χ3n) is 3.74. The molecule has 0 atom stereocenters. The maximum absolute atomic E-state index is 13.7. The van der Waals surface area contributed by atoms with Crippen molar-refractivity contribution in [3.63, 3.8) is 0 Å². The van der Waals surface area contributed by atoms with Crippen molar-refractivity contribution in [2.24, 2.45) is 11.1 Å². The second kappa shape index (κ2) is 4.65. The van der Waals surface area contributed by atoms with Gasteiger partial charge in [0.05, 0.1) is 0 Å². The van der Waals surface area contributed by atoms with Gasteiger partial charge in [-0.3, -0.25) is 0 Å². The van der Waals surface area contributed by atoms with Crippen molar-refractivity contribution < 1.29 is 4.39 Å². The van der Waals surface area contributed by atoms with Crippen molar-refractivity contribution in [2.45, 2.75) is 33.2 Å². The van der Waals surface area contributed by atoms with Gasteiger partial charge in [0.1, 0.15) is 5.82 Å². The normalized spacial score (nSPS) is 19.4. The molecule has 0 aliphatic carbocycles. The molecule has 94 valence electrons. The molecule has 0 radical (unpaired) electrons. The molecule has 2 nitrogen and oxygen atoms in total. The number of hydrogen-bond donors (Lipinski definition) is 1. The molecule has 0 amide bonds. The molecule has 17 heavy (non-hydrogen) atoms. The van der Waals surface area contributed by atoms with Gasteiger partial charge in [-0.2, -0.15) is 0 Å². The third kappa shape index (κ3) is 2.78. The highest BCUT2D eigenvalue weighted by Gasteiger charge is 2.25. The standard InChI is InChI=1S/C14H21FN2/c1-14(2)5-7-17(8-6-14)12-4-3-11(10-16)13(15)9-12/h3-4,9H,5-8,10,16H2,1-2H3. The molecule has 2 N–H and O–H groups in total. The van der Waals surface area contributed by atoms with Gasteiger partial charge in [0.2, 0.25) is 0 Å². The molecule has 0 saturated carbocycles. The van der Waals surface area contributed by atoms with Gasteiger partial charge in [-0.25, -0.2) is 4.39 Å². The first-order valence-corrected chi connectivity index (χ1v) is 6.25. The number of hydrogen-bond acceptors (Lipinski definition) is 2. The lowest BCUT2D eigenvalue weighted by Crippen LogP contribution is -2.37. The molecule has 0 unspecified atom stereocenters. The zero-order valence-corrected chi connectivity index (χ0v) is 10.7. The van der Waals surface area contributed by atoms with E-state index in [1.807, 2.05) is 6.07 Å². The lowest BCUT2D eigenvalue weighted by Gasteiger charge is -2.38. The summed E-state index contributed by atoms with van der Waals surface area (Å²) in [5.74, 6) is -0.185. The fourth-order valence-corrected chi connectivity index (χ4v) is 2.27. The molecule has 1 aliphatic rings. The molecule has 1 saturated heterocycles. The molecular weight excluding hydrogens is 215 g/mol. The maximum atomic E-state index is 13.7. The summed E-state index contributed by atoms with van der Waals surface area (Å²) in [4.78, 5) is 2.26. The molecule has 1 aliphatic heterocycles. The van der Waals surface area contributed by atoms with Crippen LogP contribution in [0.2, 0.25) is 0 Å². The van der Waals surface area contributed by atoms with Gasteiger partial charge in [0, 0.05) is 30.9 Å². The first kappa shape index (κ1) is 12.4. The van der Waals surface area contributed by atoms with Crippen LogP contribution in [0.15, 0.2) is 18.2 Å². The zero-order valence-electron chi connectivity index (χ0n) is 10.7. The van der Waals surface area contributed by atoms with E-state index in [1.54, 1.807) is 12.1 Å². The zero-order chi connectivity index (χ0) is 12.5. The van der Waals surface area contributed by atoms with E-state index < -0.39 is 0 Å². The molecular formula is C14H21FN2. The van der Waals surface area contributed by atoms with Gasteiger partial charge in [-0.05, 0) is 30.4 Å². The number of anilines is 1. The van der Waals surface area contributed by atoms with Crippen LogP contribution in [0, 0.1) is 11.2 Å². The highest BCUT2D eigenvalue weighted by atomic mass is 19.1. The number of nitrogens with two attached hydrogens (primary N) is 1. The van der Waals surface area contributed by atoms with E-state index in [-0.39, 0.29) is 12.4 Å². The van der Waals surface area contributed by atoms with Crippen LogP contribution in [0.1, 0.15) is 32.3 Å². The van der Waals surface area contributed by atoms with Crippen LogP contribution in [0.4, 0.5) is 10.1 Å². The van der Waals surface area contributed by atoms with Crippen LogP contribution in [0.25, 0.3) is 0 Å². The summed E-state index contributed by atoms with van der Waals surface area (Å²) in [7, 11) is 0. The van der Waals surface area contributed by atoms with Crippen molar-refractivity contribution >= 4 is 5.69 Å². The van der Waals surface area contributed by atoms with Crippen molar-refractivity contribution in [2.75, 3.05) is 18.0 Å². The predicted octanol–water partition coefficient (Wildman–Crippen LogP) is 2.91. The van der Waals surface area contributed by atoms with E-state index in [0.29, 0.717) is 11.0 Å². The second-order valence-corrected chi connectivity index (χ2v) is 5.63. The number of nitrogens with zero attached hydrogens (tertiary/aromatic N) is 1. The Morgan fingerprint density at radius 2 is 1.94 bits per heavy atom. The average Bonchev–Trinajstić information content (AvgIpc) is 2.29. The van der Waals surface area contributed by atoms with Crippen molar-refractivity contribution in [1.82, 2.24) is 0 Å². The Labute approximate surface area is 103 Å². The SMILES string of the molecule is CC1(C)CCN(c2ccc(CN)c(F)c2)CC1. The van der Waals surface area contributed by atoms with Crippen LogP contribution < -0.4 is 10.6 Å². The van der Waals surface area contributed by atoms with Crippen molar-refractivity contribution in [1.29, 1.82) is 0 Å². The number of rotatable bonds is 2. The third-order valence-corrected chi connectivity index (χ3v) is 3.74. The summed E-state index contributed by atoms with van der Waals surface area (Å²) in [6, 6.07) is 5.38. The molecule has 1 heterocycles. The Hall–Kier alpha value is -1.09. The lowest BCUT2D eigenvalue weighted by atomic mass is 9.82. The largest absolute Gasteiger partial charge is 0.371 e. The minimum atomic E-state index is -0.185. The van der Waals surface area contributed by atoms with Gasteiger partial charge in [-0.15, -0.1) is 0 Å². The minimum Gasteiger partial charge on any atom is -0.371 e. The first-order valence-electron chi connectivity index (χ1n) is 6.25. The van der Waals surface area contributed by atoms with E-state index in [4.69, 9.17) is 5.73 Å². The summed E-state index contributed by atoms with van der Waals surface area (Å²) in [6.07, 6.45) is 2.32. The highest BCUT2D eigenvalue weighted by molar-refractivity contribution is 5.48. The molecule has 1 aromatic carbocycles. The summed E-state index contributed by atoms with van der Waals surface area (Å²) < 4.78 is 13.7. The number of benzene rings is 1. The Bertz CT molecular complexity index is 391. The van der Waals surface area contributed by atoms with Crippen LogP contribution >= 0.6 is 0 Å². The maximum Gasteiger partial charge on any atom is 0.129 e. The summed E-state index contributed by atoms with van der Waals surface area (Å²) in [5.41, 5.74) is 7.45. The fourth-order valence-electron chi connectivity index (χ4n) is 2.27. The number of piperidine rings is 1. The first-order chi connectivity index (χ1) is 8.02. The quantitative estimate of drug-likeness (QED) is 0.855. The average molecular weight is 236 g/mol. The van der Waals surface area contributed by atoms with Crippen LogP contribution in [-0.4, -0.2) is 13.1 Å². The van der Waals surface area contributed by atoms with Gasteiger partial charge >= 0.3 is 0 Å². The molecule has 1 aromatic rings. The summed E-state index contributed by atoms with van der Waals surface area (Å²) in [6.45, 7) is 6.87. The van der Waals surface area contributed by atoms with E-state index >= 15 is 0 Å². The fraction of sp³-hybridized carbons (Fsp3) is 0.571. The van der Waals surface area contributed by atoms with Crippen LogP contribution in [-0.2, 0) is 6.54 Å². The molecule has 1 fully saturated rings. The predicted molar refractivity (Wildman–Crippen MR) is 69.5 cm³/mol. The molecule has 0 bridgehead atoms. The van der Waals surface area contributed by atoms with E-state index in [1.165, 1.54) is 0 Å². The number of halogens is 1. The molecule has 0 aromatic heterocycles. The molecule has 0 spiro atoms. The topological polar surface area (TPSA) is 29.3 Å². The molecule has 2 rings (SSSR count). The lowest BCUT2D eigenvalue weighted by molar-refractivity contribution is 0.280. The Balaban J connectivity index is 2.11. The van der Waals surface area contributed by atoms with Gasteiger partial charge < -0.3 is 10.6 Å². The second-order valence-electron chi connectivity index (χ2n) is 5.63. The summed E-state index contributed by atoms with van der Waals surface area (Å²) >= 11 is 0. The van der Waals surface area contributed by atoms with Crippen molar-refractivity contribution in [3.8, 4) is 0 Å². The van der Waals surface area contributed by atoms with Gasteiger partial charge in [0.15, 0.2) is 0 Å². The highest BCUT2D eigenvalue weighted by Crippen LogP contribution is 2.32. The van der Waals surface area contributed by atoms with E-state index in [0.717, 1.165) is 31.6 Å². The van der Waals surface area contributed by atoms with E-state index in [2.05, 4.69) is 18.7 Å². The molecule has 3 heteroatoms. The van der Waals surface area contributed by atoms with Gasteiger partial charge in [-0.1, -0.05) is 19.9 Å². The van der Waals surface area contributed by atoms with Crippen LogP contribution in [0.3, 0.4) is 0 Å². The van der Waals surface area contributed by atoms with Crippen molar-refractivity contribution in [3.05, 3.63) is 29.6 Å². The van der Waals surface area contributed by atoms with Gasteiger partial charge in [0.25, 0.3) is 0 Å². The monoisotopic (exact) mass is 236 g/mol. The van der Waals surface area contributed by atoms with E-state index in [9.17, 15) is 4.39 Å². The minimum absolute atomic E-state index is 0.185.